The van der Waals surface area contributed by atoms with Crippen LogP contribution in [0.15, 0.2) is 30.3 Å². The molecule has 0 unspecified atom stereocenters. The van der Waals surface area contributed by atoms with Crippen LogP contribution in [0.2, 0.25) is 0 Å². The molecule has 0 atom stereocenters. The van der Waals surface area contributed by atoms with Gasteiger partial charge in [-0.25, -0.2) is 0 Å². The predicted octanol–water partition coefficient (Wildman–Crippen LogP) is 4.90. The van der Waals surface area contributed by atoms with Gasteiger partial charge < -0.3 is 0 Å². The van der Waals surface area contributed by atoms with E-state index in [0.717, 1.165) is 0 Å². The Hall–Kier alpha value is -1.56. The van der Waals surface area contributed by atoms with Crippen LogP contribution in [0.25, 0.3) is 11.1 Å². The minimum absolute atomic E-state index is 1.33. The van der Waals surface area contributed by atoms with Crippen molar-refractivity contribution < 1.29 is 0 Å². The molecule has 0 aromatic heterocycles. The highest BCUT2D eigenvalue weighted by Crippen LogP contribution is 2.30. The zero-order valence-electron chi connectivity index (χ0n) is 11.4. The van der Waals surface area contributed by atoms with Crippen LogP contribution in [0.5, 0.6) is 0 Å². The van der Waals surface area contributed by atoms with E-state index in [1.54, 1.807) is 0 Å². The molecule has 88 valence electrons. The Morgan fingerprint density at radius 3 is 1.88 bits per heavy atom. The summed E-state index contributed by atoms with van der Waals surface area (Å²) in [7, 11) is 0. The summed E-state index contributed by atoms with van der Waals surface area (Å²) in [6.07, 6.45) is 0. The van der Waals surface area contributed by atoms with Gasteiger partial charge in [-0.05, 0) is 68.0 Å². The van der Waals surface area contributed by atoms with E-state index in [9.17, 15) is 0 Å². The van der Waals surface area contributed by atoms with Crippen LogP contribution in [0, 0.1) is 34.6 Å². The predicted molar refractivity (Wildman–Crippen MR) is 75.6 cm³/mol. The zero-order valence-corrected chi connectivity index (χ0v) is 11.4. The fourth-order valence-corrected chi connectivity index (χ4v) is 2.36. The molecule has 0 spiro atoms. The number of aryl methyl sites for hydroxylation is 3. The highest BCUT2D eigenvalue weighted by atomic mass is 14.1. The molecule has 0 N–H and O–H groups in total. The van der Waals surface area contributed by atoms with Crippen molar-refractivity contribution in [3.05, 3.63) is 58.1 Å². The van der Waals surface area contributed by atoms with E-state index < -0.39 is 0 Å². The Balaban J connectivity index is 2.65. The first-order valence-corrected chi connectivity index (χ1v) is 6.15. The van der Waals surface area contributed by atoms with Gasteiger partial charge in [0.15, 0.2) is 0 Å². The van der Waals surface area contributed by atoms with Gasteiger partial charge in [-0.15, -0.1) is 0 Å². The van der Waals surface area contributed by atoms with Crippen LogP contribution in [-0.2, 0) is 0 Å². The van der Waals surface area contributed by atoms with Crippen molar-refractivity contribution in [1.82, 2.24) is 0 Å². The quantitative estimate of drug-likeness (QED) is 0.646. The maximum atomic E-state index is 2.25. The normalized spacial score (nSPS) is 10.6. The standard InChI is InChI=1S/C17H20/c1-11-6-8-16(13(3)10-11)17-9-7-12(2)14(4)15(17)5/h6-10H,1-5H3. The fraction of sp³-hybridized carbons (Fsp3) is 0.294. The first-order valence-electron chi connectivity index (χ1n) is 6.15. The van der Waals surface area contributed by atoms with E-state index in [1.165, 1.54) is 38.9 Å². The van der Waals surface area contributed by atoms with E-state index >= 15 is 0 Å². The third-order valence-electron chi connectivity index (χ3n) is 3.73. The van der Waals surface area contributed by atoms with Crippen molar-refractivity contribution in [3.63, 3.8) is 0 Å². The maximum absolute atomic E-state index is 2.25. The van der Waals surface area contributed by atoms with E-state index in [4.69, 9.17) is 0 Å². The van der Waals surface area contributed by atoms with E-state index in [2.05, 4.69) is 65.0 Å². The Morgan fingerprint density at radius 1 is 0.588 bits per heavy atom. The van der Waals surface area contributed by atoms with Crippen molar-refractivity contribution in [3.8, 4) is 11.1 Å². The summed E-state index contributed by atoms with van der Waals surface area (Å²) in [6.45, 7) is 10.9. The van der Waals surface area contributed by atoms with Crippen molar-refractivity contribution in [2.45, 2.75) is 34.6 Å². The lowest BCUT2D eigenvalue weighted by atomic mass is 9.91. The maximum Gasteiger partial charge on any atom is -0.0149 e. The molecule has 0 nitrogen and oxygen atoms in total. The molecule has 2 aromatic carbocycles. The van der Waals surface area contributed by atoms with Gasteiger partial charge in [-0.3, -0.25) is 0 Å². The van der Waals surface area contributed by atoms with E-state index in [-0.39, 0.29) is 0 Å². The third kappa shape index (κ3) is 2.12. The summed E-state index contributed by atoms with van der Waals surface area (Å²) in [4.78, 5) is 0. The molecule has 0 amide bonds. The van der Waals surface area contributed by atoms with Gasteiger partial charge in [-0.1, -0.05) is 35.9 Å². The number of hydrogen-bond acceptors (Lipinski definition) is 0. The largest absolute Gasteiger partial charge is 0.0587 e. The van der Waals surface area contributed by atoms with Gasteiger partial charge in [0.1, 0.15) is 0 Å². The average molecular weight is 224 g/mol. The number of benzene rings is 2. The molecular formula is C17H20. The minimum Gasteiger partial charge on any atom is -0.0587 e. The SMILES string of the molecule is Cc1ccc(-c2ccc(C)c(C)c2C)c(C)c1. The van der Waals surface area contributed by atoms with Crippen LogP contribution >= 0.6 is 0 Å². The second-order valence-corrected chi connectivity index (χ2v) is 5.00. The smallest absolute Gasteiger partial charge is 0.0149 e. The Kier molecular flexibility index (Phi) is 3.06. The second-order valence-electron chi connectivity index (χ2n) is 5.00. The van der Waals surface area contributed by atoms with Crippen molar-refractivity contribution in [1.29, 1.82) is 0 Å². The zero-order chi connectivity index (χ0) is 12.6. The van der Waals surface area contributed by atoms with Crippen LogP contribution in [-0.4, -0.2) is 0 Å². The summed E-state index contributed by atoms with van der Waals surface area (Å²) in [6, 6.07) is 11.1. The summed E-state index contributed by atoms with van der Waals surface area (Å²) in [5.41, 5.74) is 9.58. The van der Waals surface area contributed by atoms with Gasteiger partial charge in [0.05, 0.1) is 0 Å². The lowest BCUT2D eigenvalue weighted by molar-refractivity contribution is 1.26. The van der Waals surface area contributed by atoms with Crippen LogP contribution < -0.4 is 0 Å². The Morgan fingerprint density at radius 2 is 1.24 bits per heavy atom. The summed E-state index contributed by atoms with van der Waals surface area (Å²) < 4.78 is 0. The second kappa shape index (κ2) is 4.37. The monoisotopic (exact) mass is 224 g/mol. The van der Waals surface area contributed by atoms with Crippen LogP contribution in [0.3, 0.4) is 0 Å². The number of rotatable bonds is 1. The molecule has 0 heteroatoms. The van der Waals surface area contributed by atoms with Gasteiger partial charge in [0.2, 0.25) is 0 Å². The van der Waals surface area contributed by atoms with Gasteiger partial charge in [0, 0.05) is 0 Å². The van der Waals surface area contributed by atoms with Gasteiger partial charge in [-0.2, -0.15) is 0 Å². The molecule has 0 heterocycles. The fourth-order valence-electron chi connectivity index (χ4n) is 2.36. The highest BCUT2D eigenvalue weighted by Gasteiger charge is 2.08. The van der Waals surface area contributed by atoms with E-state index in [0.29, 0.717) is 0 Å². The van der Waals surface area contributed by atoms with Crippen LogP contribution in [0.4, 0.5) is 0 Å². The number of hydrogen-bond donors (Lipinski definition) is 0. The molecule has 2 rings (SSSR count). The molecule has 0 saturated heterocycles. The average Bonchev–Trinajstić information content (AvgIpc) is 2.28. The van der Waals surface area contributed by atoms with Gasteiger partial charge >= 0.3 is 0 Å². The topological polar surface area (TPSA) is 0 Å². The highest BCUT2D eigenvalue weighted by molar-refractivity contribution is 5.72. The van der Waals surface area contributed by atoms with Crippen molar-refractivity contribution in [2.24, 2.45) is 0 Å². The molecule has 0 aliphatic heterocycles. The molecular weight excluding hydrogens is 204 g/mol. The molecule has 0 fully saturated rings. The minimum atomic E-state index is 1.33. The summed E-state index contributed by atoms with van der Waals surface area (Å²) >= 11 is 0. The van der Waals surface area contributed by atoms with E-state index in [1.807, 2.05) is 0 Å². The Bertz CT molecular complexity index is 562. The molecule has 0 saturated carbocycles. The molecule has 0 aliphatic carbocycles. The molecule has 2 aromatic rings. The Labute approximate surface area is 104 Å². The molecule has 17 heavy (non-hydrogen) atoms. The lowest BCUT2D eigenvalue weighted by Gasteiger charge is -2.14. The first-order chi connectivity index (χ1) is 8.00. The third-order valence-corrected chi connectivity index (χ3v) is 3.73. The van der Waals surface area contributed by atoms with Crippen LogP contribution in [0.1, 0.15) is 27.8 Å². The summed E-state index contributed by atoms with van der Waals surface area (Å²) in [5.74, 6) is 0. The van der Waals surface area contributed by atoms with Crippen molar-refractivity contribution in [2.75, 3.05) is 0 Å². The molecule has 0 aliphatic rings. The van der Waals surface area contributed by atoms with Crippen molar-refractivity contribution >= 4 is 0 Å². The lowest BCUT2D eigenvalue weighted by Crippen LogP contribution is -1.92. The van der Waals surface area contributed by atoms with Gasteiger partial charge in [0.25, 0.3) is 0 Å². The molecule has 0 radical (unpaired) electrons. The molecule has 0 bridgehead atoms. The first kappa shape index (κ1) is 11.9. The summed E-state index contributed by atoms with van der Waals surface area (Å²) in [5, 5.41) is 0.